The molecule has 2 heterocycles. The molecule has 1 aliphatic heterocycles. The Balaban J connectivity index is 1.57. The number of phenols is 1. The standard InChI is InChI=1S/C20H22N4O3/c21-19(27)12-5-7-24(8-6-12)20-22-11-15-16(23-20)9-13(10-18(15)26)14-3-1-2-4-17(14)25/h1-4,11-13,25H,5-10H2,(H2,21,27)/t13-/m1/s1. The van der Waals surface area contributed by atoms with E-state index in [1.165, 1.54) is 0 Å². The molecule has 0 spiro atoms. The molecule has 7 nitrogen and oxygen atoms in total. The molecular weight excluding hydrogens is 344 g/mol. The molecule has 4 rings (SSSR count). The van der Waals surface area contributed by atoms with Gasteiger partial charge in [-0.1, -0.05) is 18.2 Å². The number of fused-ring (bicyclic) bond motifs is 1. The van der Waals surface area contributed by atoms with E-state index in [2.05, 4.69) is 9.97 Å². The summed E-state index contributed by atoms with van der Waals surface area (Å²) in [5, 5.41) is 10.1. The average Bonchev–Trinajstić information content (AvgIpc) is 2.68. The highest BCUT2D eigenvalue weighted by Crippen LogP contribution is 2.36. The number of para-hydroxylation sites is 1. The number of amides is 1. The third-order valence-corrected chi connectivity index (χ3v) is 5.58. The molecule has 7 heteroatoms. The van der Waals surface area contributed by atoms with Crippen LogP contribution in [0.4, 0.5) is 5.95 Å². The summed E-state index contributed by atoms with van der Waals surface area (Å²) in [6.07, 6.45) is 3.93. The summed E-state index contributed by atoms with van der Waals surface area (Å²) < 4.78 is 0. The quantitative estimate of drug-likeness (QED) is 0.857. The maximum Gasteiger partial charge on any atom is 0.225 e. The maximum atomic E-state index is 12.6. The zero-order valence-corrected chi connectivity index (χ0v) is 15.0. The number of hydrogen-bond acceptors (Lipinski definition) is 6. The number of carbonyl (C=O) groups excluding carboxylic acids is 2. The van der Waals surface area contributed by atoms with Gasteiger partial charge in [-0.25, -0.2) is 9.97 Å². The largest absolute Gasteiger partial charge is 0.508 e. The molecular formula is C20H22N4O3. The lowest BCUT2D eigenvalue weighted by Crippen LogP contribution is -2.39. The number of benzene rings is 1. The molecule has 2 aliphatic rings. The van der Waals surface area contributed by atoms with E-state index in [0.717, 1.165) is 11.3 Å². The Morgan fingerprint density at radius 2 is 1.93 bits per heavy atom. The van der Waals surface area contributed by atoms with Crippen LogP contribution in [0.5, 0.6) is 5.75 Å². The minimum atomic E-state index is -0.253. The summed E-state index contributed by atoms with van der Waals surface area (Å²) in [6.45, 7) is 1.34. The van der Waals surface area contributed by atoms with Gasteiger partial charge in [0.25, 0.3) is 0 Å². The number of primary amides is 1. The van der Waals surface area contributed by atoms with E-state index in [1.54, 1.807) is 18.3 Å². The molecule has 140 valence electrons. The second-order valence-corrected chi connectivity index (χ2v) is 7.28. The normalized spacial score (nSPS) is 20.4. The Bertz CT molecular complexity index is 891. The third-order valence-electron chi connectivity index (χ3n) is 5.58. The van der Waals surface area contributed by atoms with Crippen LogP contribution in [0.25, 0.3) is 0 Å². The summed E-state index contributed by atoms with van der Waals surface area (Å²) in [6, 6.07) is 7.13. The Hall–Kier alpha value is -2.96. The lowest BCUT2D eigenvalue weighted by Gasteiger charge is -2.31. The van der Waals surface area contributed by atoms with Gasteiger partial charge in [0.05, 0.1) is 11.3 Å². The van der Waals surface area contributed by atoms with Crippen molar-refractivity contribution in [3.05, 3.63) is 47.3 Å². The topological polar surface area (TPSA) is 109 Å². The van der Waals surface area contributed by atoms with E-state index in [-0.39, 0.29) is 29.3 Å². The number of hydrogen-bond donors (Lipinski definition) is 2. The predicted octanol–water partition coefficient (Wildman–Crippen LogP) is 1.80. The van der Waals surface area contributed by atoms with E-state index in [4.69, 9.17) is 5.73 Å². The summed E-state index contributed by atoms with van der Waals surface area (Å²) in [5.74, 6) is 0.366. The number of anilines is 1. The molecule has 27 heavy (non-hydrogen) atoms. The number of aromatic nitrogens is 2. The van der Waals surface area contributed by atoms with Gasteiger partial charge in [0.15, 0.2) is 5.78 Å². The van der Waals surface area contributed by atoms with Crippen molar-refractivity contribution in [1.82, 2.24) is 9.97 Å². The Morgan fingerprint density at radius 1 is 1.19 bits per heavy atom. The van der Waals surface area contributed by atoms with E-state index >= 15 is 0 Å². The number of Topliss-reactive ketones (excluding diaryl/α,β-unsaturated/α-hetero) is 1. The van der Waals surface area contributed by atoms with Gasteiger partial charge in [-0.15, -0.1) is 0 Å². The Morgan fingerprint density at radius 3 is 2.63 bits per heavy atom. The van der Waals surface area contributed by atoms with Gasteiger partial charge in [-0.2, -0.15) is 0 Å². The minimum Gasteiger partial charge on any atom is -0.508 e. The van der Waals surface area contributed by atoms with Crippen LogP contribution in [0, 0.1) is 5.92 Å². The number of piperidine rings is 1. The van der Waals surface area contributed by atoms with Gasteiger partial charge in [0.2, 0.25) is 11.9 Å². The molecule has 1 atom stereocenters. The van der Waals surface area contributed by atoms with Crippen LogP contribution in [0.1, 0.15) is 46.8 Å². The fraction of sp³-hybridized carbons (Fsp3) is 0.400. The van der Waals surface area contributed by atoms with Crippen LogP contribution >= 0.6 is 0 Å². The van der Waals surface area contributed by atoms with Crippen LogP contribution < -0.4 is 10.6 Å². The molecule has 1 aliphatic carbocycles. The van der Waals surface area contributed by atoms with Crippen molar-refractivity contribution in [1.29, 1.82) is 0 Å². The van der Waals surface area contributed by atoms with Crippen molar-refractivity contribution < 1.29 is 14.7 Å². The van der Waals surface area contributed by atoms with Crippen molar-refractivity contribution in [2.45, 2.75) is 31.6 Å². The van der Waals surface area contributed by atoms with Crippen molar-refractivity contribution in [3.8, 4) is 5.75 Å². The first-order chi connectivity index (χ1) is 13.0. The van der Waals surface area contributed by atoms with Gasteiger partial charge in [0.1, 0.15) is 5.75 Å². The molecule has 1 amide bonds. The maximum absolute atomic E-state index is 12.6. The highest BCUT2D eigenvalue weighted by Gasteiger charge is 2.31. The molecule has 0 radical (unpaired) electrons. The first kappa shape index (κ1) is 17.5. The van der Waals surface area contributed by atoms with E-state index in [1.807, 2.05) is 17.0 Å². The van der Waals surface area contributed by atoms with Crippen molar-refractivity contribution >= 4 is 17.6 Å². The molecule has 0 bridgehead atoms. The zero-order valence-electron chi connectivity index (χ0n) is 15.0. The van der Waals surface area contributed by atoms with Crippen molar-refractivity contribution in [2.24, 2.45) is 11.7 Å². The summed E-state index contributed by atoms with van der Waals surface area (Å²) in [7, 11) is 0. The van der Waals surface area contributed by atoms with E-state index < -0.39 is 0 Å². The van der Waals surface area contributed by atoms with Gasteiger partial charge in [0, 0.05) is 37.5 Å². The average molecular weight is 366 g/mol. The number of nitrogens with zero attached hydrogens (tertiary/aromatic N) is 3. The van der Waals surface area contributed by atoms with Crippen LogP contribution in [-0.2, 0) is 11.2 Å². The van der Waals surface area contributed by atoms with Crippen LogP contribution in [0.2, 0.25) is 0 Å². The molecule has 1 aromatic carbocycles. The fourth-order valence-electron chi connectivity index (χ4n) is 4.00. The Kier molecular flexibility index (Phi) is 4.51. The third kappa shape index (κ3) is 3.37. The molecule has 0 unspecified atom stereocenters. The monoisotopic (exact) mass is 366 g/mol. The van der Waals surface area contributed by atoms with E-state index in [9.17, 15) is 14.7 Å². The van der Waals surface area contributed by atoms with Gasteiger partial charge < -0.3 is 15.7 Å². The number of ketones is 1. The number of carbonyl (C=O) groups is 2. The van der Waals surface area contributed by atoms with Crippen LogP contribution in [0.3, 0.4) is 0 Å². The first-order valence-corrected chi connectivity index (χ1v) is 9.24. The molecule has 0 saturated carbocycles. The van der Waals surface area contributed by atoms with Gasteiger partial charge in [-0.05, 0) is 30.9 Å². The Labute approximate surface area is 157 Å². The highest BCUT2D eigenvalue weighted by atomic mass is 16.3. The predicted molar refractivity (Wildman–Crippen MR) is 99.7 cm³/mol. The molecule has 1 aromatic heterocycles. The van der Waals surface area contributed by atoms with Gasteiger partial charge >= 0.3 is 0 Å². The number of rotatable bonds is 3. The zero-order chi connectivity index (χ0) is 19.0. The number of nitrogens with two attached hydrogens (primary N) is 1. The highest BCUT2D eigenvalue weighted by molar-refractivity contribution is 5.98. The van der Waals surface area contributed by atoms with E-state index in [0.29, 0.717) is 50.3 Å². The van der Waals surface area contributed by atoms with Crippen LogP contribution in [-0.4, -0.2) is 39.9 Å². The number of aromatic hydroxyl groups is 1. The molecule has 1 fully saturated rings. The first-order valence-electron chi connectivity index (χ1n) is 9.24. The second kappa shape index (κ2) is 6.98. The van der Waals surface area contributed by atoms with Crippen LogP contribution in [0.15, 0.2) is 30.5 Å². The lowest BCUT2D eigenvalue weighted by molar-refractivity contribution is -0.122. The number of phenolic OH excluding ortho intramolecular Hbond substituents is 1. The second-order valence-electron chi connectivity index (χ2n) is 7.28. The minimum absolute atomic E-state index is 0.00323. The SMILES string of the molecule is NC(=O)C1CCN(c2ncc3c(n2)C[C@@H](c2ccccc2O)CC3=O)CC1. The fourth-order valence-corrected chi connectivity index (χ4v) is 4.00. The van der Waals surface area contributed by atoms with Crippen molar-refractivity contribution in [2.75, 3.05) is 18.0 Å². The molecule has 2 aromatic rings. The molecule has 3 N–H and O–H groups in total. The smallest absolute Gasteiger partial charge is 0.225 e. The summed E-state index contributed by atoms with van der Waals surface area (Å²) in [5.41, 5.74) is 7.46. The van der Waals surface area contributed by atoms with Gasteiger partial charge in [-0.3, -0.25) is 9.59 Å². The molecule has 1 saturated heterocycles. The summed E-state index contributed by atoms with van der Waals surface area (Å²) in [4.78, 5) is 35.0. The van der Waals surface area contributed by atoms with Crippen molar-refractivity contribution in [3.63, 3.8) is 0 Å². The lowest BCUT2D eigenvalue weighted by atomic mass is 9.82. The summed E-state index contributed by atoms with van der Waals surface area (Å²) >= 11 is 0.